The van der Waals surface area contributed by atoms with Gasteiger partial charge in [0.15, 0.2) is 11.6 Å². The first kappa shape index (κ1) is 23.3. The zero-order valence-electron chi connectivity index (χ0n) is 18.4. The van der Waals surface area contributed by atoms with Gasteiger partial charge in [0, 0.05) is 0 Å². The quantitative estimate of drug-likeness (QED) is 0.379. The fourth-order valence-electron chi connectivity index (χ4n) is 3.24. The van der Waals surface area contributed by atoms with Crippen molar-refractivity contribution in [1.29, 1.82) is 0 Å². The highest BCUT2D eigenvalue weighted by Crippen LogP contribution is 2.36. The molecule has 0 atom stereocenters. The van der Waals surface area contributed by atoms with Crippen molar-refractivity contribution in [3.63, 3.8) is 0 Å². The molecule has 0 bridgehead atoms. The summed E-state index contributed by atoms with van der Waals surface area (Å²) in [6.07, 6.45) is -1.60. The summed E-state index contributed by atoms with van der Waals surface area (Å²) in [5, 5.41) is 17.1. The number of aliphatic carboxylic acids is 1. The Morgan fingerprint density at radius 3 is 2.03 bits per heavy atom. The Morgan fingerprint density at radius 1 is 0.886 bits per heavy atom. The third-order valence-electron chi connectivity index (χ3n) is 4.82. The molecule has 4 N–H and O–H groups in total. The largest absolute Gasteiger partial charge is 0.480 e. The van der Waals surface area contributed by atoms with Gasteiger partial charge in [0.2, 0.25) is 5.95 Å². The van der Waals surface area contributed by atoms with E-state index in [1.54, 1.807) is 12.1 Å². The molecule has 0 unspecified atom stereocenters. The molecule has 4 rings (SSSR count). The number of anilines is 4. The molecular weight excluding hydrogens is 456 g/mol. The van der Waals surface area contributed by atoms with Crippen molar-refractivity contribution >= 4 is 41.4 Å². The van der Waals surface area contributed by atoms with Crippen LogP contribution in [0.5, 0.6) is 0 Å². The number of carboxylic acid groups (broad SMARTS) is 1. The molecule has 0 saturated heterocycles. The molecule has 0 fully saturated rings. The highest BCUT2D eigenvalue weighted by Gasteiger charge is 2.28. The Bertz CT molecular complexity index is 1210. The van der Waals surface area contributed by atoms with E-state index in [4.69, 9.17) is 9.47 Å². The summed E-state index contributed by atoms with van der Waals surface area (Å²) in [7, 11) is 0. The van der Waals surface area contributed by atoms with E-state index in [0.29, 0.717) is 5.69 Å². The highest BCUT2D eigenvalue weighted by atomic mass is 16.6. The van der Waals surface area contributed by atoms with Crippen molar-refractivity contribution in [2.45, 2.75) is 13.2 Å². The molecule has 1 aliphatic rings. The van der Waals surface area contributed by atoms with E-state index in [2.05, 4.69) is 25.9 Å². The van der Waals surface area contributed by atoms with Crippen LogP contribution in [0.15, 0.2) is 60.7 Å². The zero-order valence-corrected chi connectivity index (χ0v) is 18.4. The molecular formula is C23H22N6O6. The topological polar surface area (TPSA) is 155 Å². The number of carbonyl (C=O) groups excluding carboxylic acids is 2. The number of fused-ring (bicyclic) bond motifs is 1. The molecule has 12 nitrogen and oxygen atoms in total. The van der Waals surface area contributed by atoms with Gasteiger partial charge in [-0.2, -0.15) is 9.97 Å². The number of nitrogens with zero attached hydrogens (tertiary/aromatic N) is 3. The summed E-state index contributed by atoms with van der Waals surface area (Å²) in [5.41, 5.74) is 1.88. The number of benzene rings is 2. The van der Waals surface area contributed by atoms with Crippen LogP contribution in [0.1, 0.15) is 11.1 Å². The van der Waals surface area contributed by atoms with Gasteiger partial charge in [-0.3, -0.25) is 15.4 Å². The summed E-state index contributed by atoms with van der Waals surface area (Å²) in [6, 6.07) is 18.2. The maximum Gasteiger partial charge on any atom is 0.414 e. The van der Waals surface area contributed by atoms with E-state index in [9.17, 15) is 19.5 Å². The van der Waals surface area contributed by atoms with Crippen molar-refractivity contribution in [1.82, 2.24) is 9.97 Å². The summed E-state index contributed by atoms with van der Waals surface area (Å²) in [4.78, 5) is 45.7. The van der Waals surface area contributed by atoms with Crippen LogP contribution in [0, 0.1) is 0 Å². The maximum absolute atomic E-state index is 12.4. The Balaban J connectivity index is 1.48. The fraction of sp³-hybridized carbons (Fsp3) is 0.174. The van der Waals surface area contributed by atoms with Crippen LogP contribution in [-0.2, 0) is 27.5 Å². The van der Waals surface area contributed by atoms with Crippen molar-refractivity contribution in [3.05, 3.63) is 71.8 Å². The third kappa shape index (κ3) is 6.35. The summed E-state index contributed by atoms with van der Waals surface area (Å²) in [6.45, 7) is -0.171. The van der Waals surface area contributed by atoms with Crippen molar-refractivity contribution in [2.75, 3.05) is 34.1 Å². The highest BCUT2D eigenvalue weighted by molar-refractivity contribution is 5.94. The van der Waals surface area contributed by atoms with Crippen LogP contribution in [0.25, 0.3) is 0 Å². The number of nitrogens with one attached hydrogen (secondary N) is 3. The standard InChI is InChI=1S/C23H22N6O6/c30-17(31)11-29-14-24-18-19(26-22(32)34-12-15-7-3-1-4-8-15)25-21(27-20(18)29)28-23(33)35-13-16-9-5-2-6-10-16/h1-10,24H,11-14H2,(H,30,31)(H2,25,26,27,28,32,33). The van der Waals surface area contributed by atoms with Crippen molar-refractivity contribution in [3.8, 4) is 0 Å². The maximum atomic E-state index is 12.4. The molecule has 0 radical (unpaired) electrons. The van der Waals surface area contributed by atoms with Gasteiger partial charge in [-0.25, -0.2) is 9.59 Å². The lowest BCUT2D eigenvalue weighted by molar-refractivity contribution is -0.135. The molecule has 2 heterocycles. The number of hydrogen-bond donors (Lipinski definition) is 4. The van der Waals surface area contributed by atoms with E-state index in [0.717, 1.165) is 11.1 Å². The number of hydrogen-bond acceptors (Lipinski definition) is 9. The number of carboxylic acids is 1. The molecule has 2 amide bonds. The summed E-state index contributed by atoms with van der Waals surface area (Å²) < 4.78 is 10.4. The molecule has 180 valence electrons. The van der Waals surface area contributed by atoms with Crippen LogP contribution in [-0.4, -0.2) is 46.4 Å². The second-order valence-electron chi connectivity index (χ2n) is 7.39. The molecule has 12 heteroatoms. The lowest BCUT2D eigenvalue weighted by Gasteiger charge is -2.15. The Labute approximate surface area is 199 Å². The van der Waals surface area contributed by atoms with Gasteiger partial charge in [-0.1, -0.05) is 60.7 Å². The lowest BCUT2D eigenvalue weighted by atomic mass is 10.2. The Hall–Kier alpha value is -4.87. The van der Waals surface area contributed by atoms with Crippen LogP contribution in [0.2, 0.25) is 0 Å². The molecule has 1 aromatic heterocycles. The van der Waals surface area contributed by atoms with Gasteiger partial charge >= 0.3 is 18.2 Å². The zero-order chi connectivity index (χ0) is 24.6. The Morgan fingerprint density at radius 2 is 1.46 bits per heavy atom. The molecule has 0 aliphatic carbocycles. The van der Waals surface area contributed by atoms with E-state index in [1.807, 2.05) is 48.5 Å². The molecule has 1 aliphatic heterocycles. The first-order valence-electron chi connectivity index (χ1n) is 10.6. The minimum Gasteiger partial charge on any atom is -0.480 e. The van der Waals surface area contributed by atoms with Gasteiger partial charge in [-0.05, 0) is 11.1 Å². The first-order valence-corrected chi connectivity index (χ1v) is 10.6. The molecule has 35 heavy (non-hydrogen) atoms. The average molecular weight is 478 g/mol. The Kier molecular flexibility index (Phi) is 7.21. The smallest absolute Gasteiger partial charge is 0.414 e. The molecule has 3 aromatic rings. The normalized spacial score (nSPS) is 11.7. The molecule has 2 aromatic carbocycles. The third-order valence-corrected chi connectivity index (χ3v) is 4.82. The second kappa shape index (κ2) is 10.8. The molecule has 0 spiro atoms. The second-order valence-corrected chi connectivity index (χ2v) is 7.39. The van der Waals surface area contributed by atoms with Gasteiger partial charge in [0.25, 0.3) is 0 Å². The summed E-state index contributed by atoms with van der Waals surface area (Å²) in [5.74, 6) is -1.05. The number of carbonyl (C=O) groups is 3. The van der Waals surface area contributed by atoms with E-state index >= 15 is 0 Å². The first-order chi connectivity index (χ1) is 17.0. The minimum absolute atomic E-state index is 0.0132. The fourth-order valence-corrected chi connectivity index (χ4v) is 3.24. The van der Waals surface area contributed by atoms with Gasteiger partial charge in [0.1, 0.15) is 25.4 Å². The van der Waals surface area contributed by atoms with Crippen molar-refractivity contribution < 1.29 is 29.0 Å². The summed E-state index contributed by atoms with van der Waals surface area (Å²) >= 11 is 0. The predicted octanol–water partition coefficient (Wildman–Crippen LogP) is 3.25. The van der Waals surface area contributed by atoms with Crippen LogP contribution in [0.3, 0.4) is 0 Å². The SMILES string of the molecule is O=C(O)CN1CNc2c(NC(=O)OCc3ccccc3)nc(NC(=O)OCc3ccccc3)nc21. The number of amides is 2. The lowest BCUT2D eigenvalue weighted by Crippen LogP contribution is -2.29. The van der Waals surface area contributed by atoms with Gasteiger partial charge in [-0.15, -0.1) is 0 Å². The van der Waals surface area contributed by atoms with Crippen LogP contribution in [0.4, 0.5) is 32.9 Å². The van der Waals surface area contributed by atoms with Gasteiger partial charge in [0.05, 0.1) is 6.67 Å². The van der Waals surface area contributed by atoms with Gasteiger partial charge < -0.3 is 24.8 Å². The van der Waals surface area contributed by atoms with Crippen molar-refractivity contribution in [2.24, 2.45) is 0 Å². The van der Waals surface area contributed by atoms with E-state index in [1.165, 1.54) is 4.90 Å². The average Bonchev–Trinajstić information content (AvgIpc) is 3.25. The van der Waals surface area contributed by atoms with E-state index < -0.39 is 18.2 Å². The number of ether oxygens (including phenoxy) is 2. The molecule has 0 saturated carbocycles. The monoisotopic (exact) mass is 478 g/mol. The van der Waals surface area contributed by atoms with Crippen LogP contribution < -0.4 is 20.9 Å². The predicted molar refractivity (Wildman–Crippen MR) is 126 cm³/mol. The number of rotatable bonds is 8. The number of aromatic nitrogens is 2. The minimum atomic E-state index is -1.08. The van der Waals surface area contributed by atoms with E-state index in [-0.39, 0.29) is 44.0 Å². The van der Waals surface area contributed by atoms with Crippen LogP contribution >= 0.6 is 0 Å².